The van der Waals surface area contributed by atoms with E-state index >= 15 is 0 Å². The molecule has 0 spiro atoms. The standard InChI is InChI=1S/C24H25N3O4/c1-14(18-12-25-19-9-5-4-8-17(18)19)22-24(31)26-20(23(30)27-22)10-11-21(29)16-7-3-2-6-15(16)13-28/h2-9,12,14,20,22,25,28H,10-11,13H2,1H3,(H,26,31)(H,27,30)/t14?,20-,22-/m1/s1. The molecule has 3 aromatic rings. The maximum Gasteiger partial charge on any atom is 0.243 e. The molecule has 7 nitrogen and oxygen atoms in total. The Morgan fingerprint density at radius 2 is 1.77 bits per heavy atom. The molecule has 0 radical (unpaired) electrons. The highest BCUT2D eigenvalue weighted by atomic mass is 16.3. The van der Waals surface area contributed by atoms with Crippen LogP contribution in [0, 0.1) is 0 Å². The molecule has 0 aliphatic carbocycles. The van der Waals surface area contributed by atoms with Crippen molar-refractivity contribution in [1.29, 1.82) is 0 Å². The zero-order valence-electron chi connectivity index (χ0n) is 17.2. The van der Waals surface area contributed by atoms with E-state index in [9.17, 15) is 19.5 Å². The molecule has 31 heavy (non-hydrogen) atoms. The maximum atomic E-state index is 12.8. The number of piperazine rings is 1. The number of hydrogen-bond donors (Lipinski definition) is 4. The van der Waals surface area contributed by atoms with Crippen LogP contribution in [0.2, 0.25) is 0 Å². The summed E-state index contributed by atoms with van der Waals surface area (Å²) in [5, 5.41) is 16.1. The van der Waals surface area contributed by atoms with Gasteiger partial charge >= 0.3 is 0 Å². The van der Waals surface area contributed by atoms with E-state index in [-0.39, 0.29) is 43.0 Å². The van der Waals surface area contributed by atoms with Crippen LogP contribution in [-0.2, 0) is 16.2 Å². The van der Waals surface area contributed by atoms with Crippen molar-refractivity contribution in [2.24, 2.45) is 0 Å². The number of aliphatic hydroxyl groups excluding tert-OH is 1. The minimum absolute atomic E-state index is 0.0953. The van der Waals surface area contributed by atoms with Crippen LogP contribution in [0.3, 0.4) is 0 Å². The van der Waals surface area contributed by atoms with Crippen molar-refractivity contribution >= 4 is 28.5 Å². The zero-order valence-corrected chi connectivity index (χ0v) is 17.2. The molecule has 0 saturated carbocycles. The topological polar surface area (TPSA) is 111 Å². The van der Waals surface area contributed by atoms with Gasteiger partial charge in [-0.15, -0.1) is 0 Å². The molecule has 0 bridgehead atoms. The van der Waals surface area contributed by atoms with Gasteiger partial charge in [-0.3, -0.25) is 14.4 Å². The van der Waals surface area contributed by atoms with Gasteiger partial charge in [-0.1, -0.05) is 49.4 Å². The summed E-state index contributed by atoms with van der Waals surface area (Å²) in [7, 11) is 0. The summed E-state index contributed by atoms with van der Waals surface area (Å²) in [6, 6.07) is 13.2. The van der Waals surface area contributed by atoms with Crippen LogP contribution >= 0.6 is 0 Å². The normalized spacial score (nSPS) is 19.7. The van der Waals surface area contributed by atoms with Gasteiger partial charge in [0, 0.05) is 35.0 Å². The molecule has 1 unspecified atom stereocenters. The lowest BCUT2D eigenvalue weighted by atomic mass is 9.89. The van der Waals surface area contributed by atoms with Gasteiger partial charge in [0.05, 0.1) is 6.61 Å². The summed E-state index contributed by atoms with van der Waals surface area (Å²) in [6.45, 7) is 1.69. The molecule has 1 aliphatic rings. The van der Waals surface area contributed by atoms with Gasteiger partial charge in [0.15, 0.2) is 5.78 Å². The SMILES string of the molecule is CC(c1c[nH]c2ccccc12)[C@H]1NC(=O)[C@@H](CCC(=O)c2ccccc2CO)NC1=O. The fourth-order valence-corrected chi connectivity index (χ4v) is 4.19. The Balaban J connectivity index is 1.41. The number of carbonyl (C=O) groups is 3. The van der Waals surface area contributed by atoms with E-state index in [4.69, 9.17) is 0 Å². The number of para-hydroxylation sites is 1. The van der Waals surface area contributed by atoms with Crippen LogP contribution in [-0.4, -0.2) is 39.8 Å². The largest absolute Gasteiger partial charge is 0.392 e. The number of ketones is 1. The highest BCUT2D eigenvalue weighted by Crippen LogP contribution is 2.28. The molecule has 2 aromatic carbocycles. The number of hydrogen-bond acceptors (Lipinski definition) is 4. The number of aliphatic hydroxyl groups is 1. The van der Waals surface area contributed by atoms with E-state index in [1.54, 1.807) is 24.3 Å². The number of H-pyrrole nitrogens is 1. The summed E-state index contributed by atoms with van der Waals surface area (Å²) in [5.74, 6) is -0.940. The number of carbonyl (C=O) groups excluding carboxylic acids is 3. The minimum atomic E-state index is -0.760. The number of fused-ring (bicyclic) bond motifs is 1. The van der Waals surface area contributed by atoms with E-state index in [1.165, 1.54) is 0 Å². The molecule has 4 rings (SSSR count). The van der Waals surface area contributed by atoms with Gasteiger partial charge in [0.2, 0.25) is 11.8 Å². The third-order valence-corrected chi connectivity index (χ3v) is 5.97. The predicted octanol–water partition coefficient (Wildman–Crippen LogP) is 2.41. The van der Waals surface area contributed by atoms with Gasteiger partial charge in [0.25, 0.3) is 0 Å². The Hall–Kier alpha value is -3.45. The highest BCUT2D eigenvalue weighted by molar-refractivity contribution is 6.00. The monoisotopic (exact) mass is 419 g/mol. The lowest BCUT2D eigenvalue weighted by molar-refractivity contribution is -0.137. The second-order valence-electron chi connectivity index (χ2n) is 7.90. The fraction of sp³-hybridized carbons (Fsp3) is 0.292. The van der Waals surface area contributed by atoms with Crippen LogP contribution in [0.1, 0.15) is 47.2 Å². The van der Waals surface area contributed by atoms with Crippen molar-refractivity contribution in [3.05, 3.63) is 71.4 Å². The molecule has 1 fully saturated rings. The Morgan fingerprint density at radius 1 is 1.03 bits per heavy atom. The van der Waals surface area contributed by atoms with Gasteiger partial charge < -0.3 is 20.7 Å². The maximum absolute atomic E-state index is 12.8. The number of rotatable bonds is 7. The van der Waals surface area contributed by atoms with Crippen LogP contribution in [0.15, 0.2) is 54.7 Å². The molecule has 3 atom stereocenters. The Morgan fingerprint density at radius 3 is 2.58 bits per heavy atom. The molecule has 160 valence electrons. The lowest BCUT2D eigenvalue weighted by Gasteiger charge is -2.32. The van der Waals surface area contributed by atoms with Crippen LogP contribution in [0.25, 0.3) is 10.9 Å². The second-order valence-corrected chi connectivity index (χ2v) is 7.90. The second kappa shape index (κ2) is 8.73. The summed E-state index contributed by atoms with van der Waals surface area (Å²) in [5.41, 5.74) is 2.94. The van der Waals surface area contributed by atoms with Crippen LogP contribution in [0.4, 0.5) is 0 Å². The molecular weight excluding hydrogens is 394 g/mol. The third kappa shape index (κ3) is 4.09. The smallest absolute Gasteiger partial charge is 0.243 e. The average Bonchev–Trinajstić information content (AvgIpc) is 3.22. The van der Waals surface area contributed by atoms with Crippen molar-refractivity contribution in [2.45, 2.75) is 44.4 Å². The molecule has 2 heterocycles. The van der Waals surface area contributed by atoms with E-state index < -0.39 is 12.1 Å². The predicted molar refractivity (Wildman–Crippen MR) is 117 cm³/mol. The molecule has 2 amide bonds. The number of nitrogens with one attached hydrogen (secondary N) is 3. The first kappa shape index (κ1) is 20.8. The van der Waals surface area contributed by atoms with Gasteiger partial charge in [-0.05, 0) is 23.6 Å². The van der Waals surface area contributed by atoms with Crippen molar-refractivity contribution in [3.8, 4) is 0 Å². The van der Waals surface area contributed by atoms with Gasteiger partial charge in [-0.2, -0.15) is 0 Å². The van der Waals surface area contributed by atoms with Crippen molar-refractivity contribution in [3.63, 3.8) is 0 Å². The number of amides is 2. The molecule has 4 N–H and O–H groups in total. The highest BCUT2D eigenvalue weighted by Gasteiger charge is 2.37. The number of benzene rings is 2. The first-order valence-corrected chi connectivity index (χ1v) is 10.4. The summed E-state index contributed by atoms with van der Waals surface area (Å²) in [4.78, 5) is 41.2. The Labute approximate surface area is 179 Å². The molecule has 1 aromatic heterocycles. The lowest BCUT2D eigenvalue weighted by Crippen LogP contribution is -2.63. The first-order chi connectivity index (χ1) is 15.0. The van der Waals surface area contributed by atoms with Crippen LogP contribution < -0.4 is 10.6 Å². The molecular formula is C24H25N3O4. The zero-order chi connectivity index (χ0) is 22.0. The fourth-order valence-electron chi connectivity index (χ4n) is 4.19. The average molecular weight is 419 g/mol. The number of aromatic amines is 1. The van der Waals surface area contributed by atoms with Crippen LogP contribution in [0.5, 0.6) is 0 Å². The minimum Gasteiger partial charge on any atom is -0.392 e. The van der Waals surface area contributed by atoms with Gasteiger partial charge in [0.1, 0.15) is 12.1 Å². The Bertz CT molecular complexity index is 1140. The quantitative estimate of drug-likeness (QED) is 0.441. The van der Waals surface area contributed by atoms with E-state index in [1.807, 2.05) is 37.4 Å². The third-order valence-electron chi connectivity index (χ3n) is 5.97. The van der Waals surface area contributed by atoms with E-state index in [0.29, 0.717) is 11.1 Å². The number of Topliss-reactive ketones (excluding diaryl/α,β-unsaturated/α-hetero) is 1. The summed E-state index contributed by atoms with van der Waals surface area (Å²) in [6.07, 6.45) is 2.17. The van der Waals surface area contributed by atoms with Crippen molar-refractivity contribution in [1.82, 2.24) is 15.6 Å². The summed E-state index contributed by atoms with van der Waals surface area (Å²) < 4.78 is 0. The molecule has 1 saturated heterocycles. The van der Waals surface area contributed by atoms with Crippen molar-refractivity contribution in [2.75, 3.05) is 0 Å². The Kier molecular flexibility index (Phi) is 5.86. The first-order valence-electron chi connectivity index (χ1n) is 10.4. The van der Waals surface area contributed by atoms with E-state index in [0.717, 1.165) is 16.5 Å². The van der Waals surface area contributed by atoms with Gasteiger partial charge in [-0.25, -0.2) is 0 Å². The summed E-state index contributed by atoms with van der Waals surface area (Å²) >= 11 is 0. The number of aromatic nitrogens is 1. The van der Waals surface area contributed by atoms with Crippen molar-refractivity contribution < 1.29 is 19.5 Å². The van der Waals surface area contributed by atoms with E-state index in [2.05, 4.69) is 15.6 Å². The molecule has 1 aliphatic heterocycles. The molecule has 7 heteroatoms.